The smallest absolute Gasteiger partial charge is 0.225 e. The fourth-order valence-corrected chi connectivity index (χ4v) is 2.87. The quantitative estimate of drug-likeness (QED) is 0.562. The van der Waals surface area contributed by atoms with E-state index in [1.54, 1.807) is 6.20 Å². The molecule has 0 amide bonds. The molecule has 0 unspecified atom stereocenters. The van der Waals surface area contributed by atoms with Gasteiger partial charge in [-0.25, -0.2) is 4.98 Å². The van der Waals surface area contributed by atoms with E-state index in [-0.39, 0.29) is 12.6 Å². The lowest BCUT2D eigenvalue weighted by Crippen LogP contribution is -2.21. The molecule has 3 N–H and O–H groups in total. The van der Waals surface area contributed by atoms with Crippen LogP contribution in [0.15, 0.2) is 53.1 Å². The Kier molecular flexibility index (Phi) is 5.80. The largest absolute Gasteiger partial charge is 0.394 e. The van der Waals surface area contributed by atoms with Crippen LogP contribution < -0.4 is 10.6 Å². The molecule has 0 saturated carbocycles. The van der Waals surface area contributed by atoms with Crippen LogP contribution in [0.5, 0.6) is 0 Å². The van der Waals surface area contributed by atoms with Crippen LogP contribution in [0.25, 0.3) is 11.4 Å². The first-order valence-electron chi connectivity index (χ1n) is 8.26. The van der Waals surface area contributed by atoms with Gasteiger partial charge in [0.2, 0.25) is 5.95 Å². The van der Waals surface area contributed by atoms with Gasteiger partial charge in [-0.15, -0.1) is 0 Å². The molecule has 0 fully saturated rings. The number of aliphatic hydroxyl groups excluding tert-OH is 1. The standard InChI is InChI=1S/C19H20BrN5O/c1-12-9-14(20)6-7-15(12)23-18-10-17(16-5-3-4-8-21-16)24-19(25-18)22-13(2)11-26/h3-10,13,26H,11H2,1-2H3,(H2,22,23,24,25)/t13-/m0/s1. The normalized spacial score (nSPS) is 11.8. The molecule has 2 heterocycles. The molecule has 0 bridgehead atoms. The van der Waals surface area contributed by atoms with Crippen LogP contribution in [0.4, 0.5) is 17.5 Å². The average molecular weight is 414 g/mol. The number of aliphatic hydroxyl groups is 1. The zero-order valence-electron chi connectivity index (χ0n) is 14.6. The summed E-state index contributed by atoms with van der Waals surface area (Å²) in [4.78, 5) is 13.4. The van der Waals surface area contributed by atoms with Crippen LogP contribution >= 0.6 is 15.9 Å². The molecule has 3 aromatic rings. The maximum absolute atomic E-state index is 9.30. The molecule has 0 spiro atoms. The lowest BCUT2D eigenvalue weighted by Gasteiger charge is -2.15. The zero-order chi connectivity index (χ0) is 18.5. The van der Waals surface area contributed by atoms with E-state index in [0.29, 0.717) is 17.5 Å². The summed E-state index contributed by atoms with van der Waals surface area (Å²) < 4.78 is 1.02. The van der Waals surface area contributed by atoms with Crippen LogP contribution in [0.1, 0.15) is 12.5 Å². The van der Waals surface area contributed by atoms with Crippen molar-refractivity contribution in [1.82, 2.24) is 15.0 Å². The number of anilines is 3. The van der Waals surface area contributed by atoms with Crippen molar-refractivity contribution >= 4 is 33.4 Å². The SMILES string of the molecule is Cc1cc(Br)ccc1Nc1cc(-c2ccccn2)nc(N[C@@H](C)CO)n1. The average Bonchev–Trinajstić information content (AvgIpc) is 2.64. The number of benzene rings is 1. The van der Waals surface area contributed by atoms with Crippen LogP contribution in [0.3, 0.4) is 0 Å². The molecule has 1 aromatic carbocycles. The Morgan fingerprint density at radius 3 is 2.65 bits per heavy atom. The first-order chi connectivity index (χ1) is 12.5. The minimum absolute atomic E-state index is 0.00818. The lowest BCUT2D eigenvalue weighted by molar-refractivity contribution is 0.281. The molecule has 0 aliphatic heterocycles. The van der Waals surface area contributed by atoms with Gasteiger partial charge < -0.3 is 15.7 Å². The number of pyridine rings is 1. The number of aryl methyl sites for hydroxylation is 1. The van der Waals surface area contributed by atoms with Gasteiger partial charge in [-0.2, -0.15) is 4.98 Å². The third kappa shape index (κ3) is 4.56. The van der Waals surface area contributed by atoms with E-state index in [9.17, 15) is 5.11 Å². The minimum Gasteiger partial charge on any atom is -0.394 e. The van der Waals surface area contributed by atoms with Crippen molar-refractivity contribution < 1.29 is 5.11 Å². The van der Waals surface area contributed by atoms with Crippen LogP contribution in [-0.2, 0) is 0 Å². The predicted molar refractivity (Wildman–Crippen MR) is 108 cm³/mol. The highest BCUT2D eigenvalue weighted by molar-refractivity contribution is 9.10. The van der Waals surface area contributed by atoms with Crippen molar-refractivity contribution in [2.75, 3.05) is 17.2 Å². The van der Waals surface area contributed by atoms with Gasteiger partial charge in [0.05, 0.1) is 18.0 Å². The van der Waals surface area contributed by atoms with Crippen molar-refractivity contribution in [3.63, 3.8) is 0 Å². The lowest BCUT2D eigenvalue weighted by atomic mass is 10.2. The molecule has 134 valence electrons. The summed E-state index contributed by atoms with van der Waals surface area (Å²) in [7, 11) is 0. The second-order valence-corrected chi connectivity index (χ2v) is 6.90. The summed E-state index contributed by atoms with van der Waals surface area (Å²) in [5.74, 6) is 1.09. The second kappa shape index (κ2) is 8.25. The number of nitrogens with one attached hydrogen (secondary N) is 2. The minimum atomic E-state index is -0.156. The summed E-state index contributed by atoms with van der Waals surface area (Å²) in [6, 6.07) is 13.4. The highest BCUT2D eigenvalue weighted by atomic mass is 79.9. The summed E-state index contributed by atoms with van der Waals surface area (Å²) >= 11 is 3.48. The van der Waals surface area contributed by atoms with E-state index in [0.717, 1.165) is 21.4 Å². The molecule has 6 nitrogen and oxygen atoms in total. The molecule has 0 aliphatic carbocycles. The topological polar surface area (TPSA) is 83.0 Å². The van der Waals surface area contributed by atoms with Gasteiger partial charge in [0.15, 0.2) is 0 Å². The highest BCUT2D eigenvalue weighted by Gasteiger charge is 2.11. The van der Waals surface area contributed by atoms with E-state index >= 15 is 0 Å². The van der Waals surface area contributed by atoms with Gasteiger partial charge in [-0.1, -0.05) is 22.0 Å². The number of halogens is 1. The van der Waals surface area contributed by atoms with Gasteiger partial charge in [0, 0.05) is 28.5 Å². The molecule has 0 radical (unpaired) electrons. The molecule has 3 rings (SSSR count). The zero-order valence-corrected chi connectivity index (χ0v) is 16.2. The van der Waals surface area contributed by atoms with Gasteiger partial charge in [-0.3, -0.25) is 4.98 Å². The number of hydrogen-bond donors (Lipinski definition) is 3. The van der Waals surface area contributed by atoms with E-state index in [4.69, 9.17) is 0 Å². The highest BCUT2D eigenvalue weighted by Crippen LogP contribution is 2.26. The molecule has 2 aromatic heterocycles. The Labute approximate surface area is 160 Å². The monoisotopic (exact) mass is 413 g/mol. The predicted octanol–water partition coefficient (Wildman–Crippen LogP) is 4.15. The van der Waals surface area contributed by atoms with E-state index in [1.165, 1.54) is 0 Å². The van der Waals surface area contributed by atoms with E-state index in [2.05, 4.69) is 41.5 Å². The summed E-state index contributed by atoms with van der Waals surface area (Å²) in [5, 5.41) is 15.7. The molecule has 7 heteroatoms. The maximum atomic E-state index is 9.30. The van der Waals surface area contributed by atoms with Gasteiger partial charge in [0.1, 0.15) is 5.82 Å². The second-order valence-electron chi connectivity index (χ2n) is 5.99. The fourth-order valence-electron chi connectivity index (χ4n) is 2.39. The molecule has 1 atom stereocenters. The Bertz CT molecular complexity index is 888. The molecule has 0 saturated heterocycles. The van der Waals surface area contributed by atoms with E-state index in [1.807, 2.05) is 56.3 Å². The number of aromatic nitrogens is 3. The third-order valence-corrected chi connectivity index (χ3v) is 4.25. The molecule has 26 heavy (non-hydrogen) atoms. The van der Waals surface area contributed by atoms with Gasteiger partial charge in [0.25, 0.3) is 0 Å². The number of rotatable bonds is 6. The Morgan fingerprint density at radius 2 is 1.96 bits per heavy atom. The molecular weight excluding hydrogens is 394 g/mol. The fraction of sp³-hybridized carbons (Fsp3) is 0.211. The molecular formula is C19H20BrN5O. The summed E-state index contributed by atoms with van der Waals surface area (Å²) in [6.45, 7) is 3.88. The first kappa shape index (κ1) is 18.3. The Balaban J connectivity index is 1.98. The van der Waals surface area contributed by atoms with Crippen molar-refractivity contribution in [1.29, 1.82) is 0 Å². The third-order valence-electron chi connectivity index (χ3n) is 3.75. The van der Waals surface area contributed by atoms with Crippen LogP contribution in [0, 0.1) is 6.92 Å². The maximum Gasteiger partial charge on any atom is 0.225 e. The first-order valence-corrected chi connectivity index (χ1v) is 9.05. The van der Waals surface area contributed by atoms with Crippen molar-refractivity contribution in [2.24, 2.45) is 0 Å². The van der Waals surface area contributed by atoms with Gasteiger partial charge in [-0.05, 0) is 49.7 Å². The van der Waals surface area contributed by atoms with Gasteiger partial charge >= 0.3 is 0 Å². The van der Waals surface area contributed by atoms with E-state index < -0.39 is 0 Å². The van der Waals surface area contributed by atoms with Crippen molar-refractivity contribution in [2.45, 2.75) is 19.9 Å². The number of nitrogens with zero attached hydrogens (tertiary/aromatic N) is 3. The van der Waals surface area contributed by atoms with Crippen LogP contribution in [-0.4, -0.2) is 32.7 Å². The van der Waals surface area contributed by atoms with Crippen molar-refractivity contribution in [3.8, 4) is 11.4 Å². The number of hydrogen-bond acceptors (Lipinski definition) is 6. The Hall–Kier alpha value is -2.51. The Morgan fingerprint density at radius 1 is 1.12 bits per heavy atom. The molecule has 0 aliphatic rings. The van der Waals surface area contributed by atoms with Crippen molar-refractivity contribution in [3.05, 3.63) is 58.7 Å². The van der Waals surface area contributed by atoms with Crippen LogP contribution in [0.2, 0.25) is 0 Å². The summed E-state index contributed by atoms with van der Waals surface area (Å²) in [5.41, 5.74) is 3.51. The summed E-state index contributed by atoms with van der Waals surface area (Å²) in [6.07, 6.45) is 1.73.